The summed E-state index contributed by atoms with van der Waals surface area (Å²) in [6.07, 6.45) is 7.04. The Bertz CT molecular complexity index is 604. The Morgan fingerprint density at radius 2 is 2.08 bits per heavy atom. The van der Waals surface area contributed by atoms with Crippen LogP contribution in [0.2, 0.25) is 0 Å². The van der Waals surface area contributed by atoms with E-state index in [0.29, 0.717) is 17.9 Å². The number of aryl methyl sites for hydroxylation is 1. The lowest BCUT2D eigenvalue weighted by molar-refractivity contribution is 0.0665. The summed E-state index contributed by atoms with van der Waals surface area (Å²) >= 11 is 0. The maximum atomic E-state index is 6.26. The van der Waals surface area contributed by atoms with Crippen LogP contribution in [0.25, 0.3) is 0 Å². The van der Waals surface area contributed by atoms with Gasteiger partial charge in [-0.3, -0.25) is 14.6 Å². The number of aromatic nitrogens is 2. The number of guanidine groups is 1. The van der Waals surface area contributed by atoms with Crippen molar-refractivity contribution in [2.45, 2.75) is 37.8 Å². The van der Waals surface area contributed by atoms with Crippen LogP contribution in [0.4, 0.5) is 0 Å². The van der Waals surface area contributed by atoms with Crippen LogP contribution in [0.3, 0.4) is 0 Å². The molecule has 1 aromatic heterocycles. The number of hydrogen-bond acceptors (Lipinski definition) is 4. The third kappa shape index (κ3) is 3.67. The molecule has 3 aliphatic rings. The van der Waals surface area contributed by atoms with Gasteiger partial charge in [-0.05, 0) is 44.2 Å². The van der Waals surface area contributed by atoms with Crippen molar-refractivity contribution in [3.8, 4) is 0 Å². The van der Waals surface area contributed by atoms with Crippen molar-refractivity contribution in [1.82, 2.24) is 19.6 Å². The molecule has 2 saturated heterocycles. The molecule has 1 aromatic rings. The maximum absolute atomic E-state index is 6.26. The van der Waals surface area contributed by atoms with E-state index in [-0.39, 0.29) is 0 Å². The molecular formula is C18H30N6O. The number of likely N-dealkylation sites (tertiary alicyclic amines) is 1. The SMILES string of the molecule is Cn1nccc1[C@H]1[C@H](CN=C(N)N2CCOCC2)CCCN1C1CC1. The molecule has 0 amide bonds. The first-order valence-electron chi connectivity index (χ1n) is 9.60. The molecule has 7 heteroatoms. The minimum Gasteiger partial charge on any atom is -0.378 e. The van der Waals surface area contributed by atoms with E-state index in [1.807, 2.05) is 10.9 Å². The van der Waals surface area contributed by atoms with Crippen molar-refractivity contribution >= 4 is 5.96 Å². The number of ether oxygens (including phenoxy) is 1. The zero-order chi connectivity index (χ0) is 17.2. The number of hydrogen-bond donors (Lipinski definition) is 1. The van der Waals surface area contributed by atoms with E-state index in [2.05, 4.69) is 28.0 Å². The molecule has 3 heterocycles. The molecule has 1 aliphatic carbocycles. The molecule has 0 unspecified atom stereocenters. The van der Waals surface area contributed by atoms with Crippen LogP contribution in [0, 0.1) is 5.92 Å². The third-order valence-electron chi connectivity index (χ3n) is 5.80. The number of morpholine rings is 1. The average molecular weight is 346 g/mol. The quantitative estimate of drug-likeness (QED) is 0.650. The first kappa shape index (κ1) is 16.8. The van der Waals surface area contributed by atoms with Gasteiger partial charge in [0.25, 0.3) is 0 Å². The van der Waals surface area contributed by atoms with E-state index < -0.39 is 0 Å². The monoisotopic (exact) mass is 346 g/mol. The third-order valence-corrected chi connectivity index (χ3v) is 5.80. The number of nitrogens with two attached hydrogens (primary N) is 1. The predicted octanol–water partition coefficient (Wildman–Crippen LogP) is 0.983. The number of nitrogens with zero attached hydrogens (tertiary/aromatic N) is 5. The van der Waals surface area contributed by atoms with Crippen LogP contribution in [-0.2, 0) is 11.8 Å². The first-order chi connectivity index (χ1) is 12.2. The smallest absolute Gasteiger partial charge is 0.191 e. The fraction of sp³-hybridized carbons (Fsp3) is 0.778. The van der Waals surface area contributed by atoms with Gasteiger partial charge in [-0.25, -0.2) is 0 Å². The summed E-state index contributed by atoms with van der Waals surface area (Å²) in [4.78, 5) is 9.63. The minimum absolute atomic E-state index is 0.412. The lowest BCUT2D eigenvalue weighted by Gasteiger charge is -2.41. The molecule has 4 rings (SSSR count). The van der Waals surface area contributed by atoms with E-state index in [4.69, 9.17) is 15.5 Å². The van der Waals surface area contributed by atoms with Gasteiger partial charge < -0.3 is 15.4 Å². The lowest BCUT2D eigenvalue weighted by Crippen LogP contribution is -2.46. The second kappa shape index (κ2) is 7.33. The van der Waals surface area contributed by atoms with Gasteiger partial charge in [0.1, 0.15) is 0 Å². The van der Waals surface area contributed by atoms with Gasteiger partial charge in [-0.15, -0.1) is 0 Å². The van der Waals surface area contributed by atoms with Gasteiger partial charge in [-0.1, -0.05) is 0 Å². The van der Waals surface area contributed by atoms with E-state index in [1.54, 1.807) is 0 Å². The van der Waals surface area contributed by atoms with Crippen molar-refractivity contribution in [2.75, 3.05) is 39.4 Å². The second-order valence-electron chi connectivity index (χ2n) is 7.49. The molecule has 2 atom stereocenters. The summed E-state index contributed by atoms with van der Waals surface area (Å²) in [7, 11) is 2.05. The summed E-state index contributed by atoms with van der Waals surface area (Å²) in [6.45, 7) is 5.17. The Morgan fingerprint density at radius 1 is 1.28 bits per heavy atom. The molecule has 0 bridgehead atoms. The van der Waals surface area contributed by atoms with Crippen LogP contribution in [-0.4, -0.2) is 71.0 Å². The van der Waals surface area contributed by atoms with Crippen molar-refractivity contribution in [1.29, 1.82) is 0 Å². The van der Waals surface area contributed by atoms with Crippen LogP contribution in [0.1, 0.15) is 37.4 Å². The van der Waals surface area contributed by atoms with Crippen molar-refractivity contribution in [3.05, 3.63) is 18.0 Å². The highest BCUT2D eigenvalue weighted by molar-refractivity contribution is 5.78. The molecule has 0 aromatic carbocycles. The average Bonchev–Trinajstić information content (AvgIpc) is 3.41. The molecule has 3 fully saturated rings. The van der Waals surface area contributed by atoms with Gasteiger partial charge in [0, 0.05) is 38.9 Å². The van der Waals surface area contributed by atoms with Crippen molar-refractivity contribution < 1.29 is 4.74 Å². The fourth-order valence-electron chi connectivity index (χ4n) is 4.30. The Kier molecular flexibility index (Phi) is 4.94. The summed E-state index contributed by atoms with van der Waals surface area (Å²) in [5, 5.41) is 4.42. The second-order valence-corrected chi connectivity index (χ2v) is 7.49. The zero-order valence-corrected chi connectivity index (χ0v) is 15.2. The maximum Gasteiger partial charge on any atom is 0.191 e. The standard InChI is InChI=1S/C18H30N6O/c1-22-16(6-7-21-22)17-14(3-2-8-24(17)15-4-5-15)13-20-18(19)23-9-11-25-12-10-23/h6-7,14-15,17H,2-5,8-13H2,1H3,(H2,19,20)/t14-,17+/m0/s1. The molecule has 2 aliphatic heterocycles. The summed E-state index contributed by atoms with van der Waals surface area (Å²) < 4.78 is 7.44. The highest BCUT2D eigenvalue weighted by atomic mass is 16.5. The molecule has 1 saturated carbocycles. The van der Waals surface area contributed by atoms with E-state index >= 15 is 0 Å². The lowest BCUT2D eigenvalue weighted by atomic mass is 9.86. The summed E-state index contributed by atoms with van der Waals surface area (Å²) in [5.74, 6) is 1.18. The van der Waals surface area contributed by atoms with Crippen LogP contribution in [0.5, 0.6) is 0 Å². The molecule has 0 radical (unpaired) electrons. The van der Waals surface area contributed by atoms with Crippen LogP contribution < -0.4 is 5.73 Å². The largest absolute Gasteiger partial charge is 0.378 e. The van der Waals surface area contributed by atoms with Crippen molar-refractivity contribution in [2.24, 2.45) is 23.7 Å². The van der Waals surface area contributed by atoms with Gasteiger partial charge in [-0.2, -0.15) is 5.10 Å². The van der Waals surface area contributed by atoms with Crippen LogP contribution >= 0.6 is 0 Å². The highest BCUT2D eigenvalue weighted by Gasteiger charge is 2.41. The molecule has 7 nitrogen and oxygen atoms in total. The van der Waals surface area contributed by atoms with Gasteiger partial charge in [0.05, 0.1) is 24.9 Å². The number of rotatable bonds is 4. The van der Waals surface area contributed by atoms with Crippen molar-refractivity contribution in [3.63, 3.8) is 0 Å². The zero-order valence-electron chi connectivity index (χ0n) is 15.2. The molecule has 138 valence electrons. The Balaban J connectivity index is 1.50. The fourth-order valence-corrected chi connectivity index (χ4v) is 4.30. The van der Waals surface area contributed by atoms with Gasteiger partial charge in [0.15, 0.2) is 5.96 Å². The molecular weight excluding hydrogens is 316 g/mol. The van der Waals surface area contributed by atoms with Gasteiger partial charge in [0.2, 0.25) is 0 Å². The van der Waals surface area contributed by atoms with Gasteiger partial charge >= 0.3 is 0 Å². The first-order valence-corrected chi connectivity index (χ1v) is 9.60. The Labute approximate surface area is 149 Å². The molecule has 25 heavy (non-hydrogen) atoms. The summed E-state index contributed by atoms with van der Waals surface area (Å²) in [6, 6.07) is 3.34. The van der Waals surface area contributed by atoms with Crippen LogP contribution in [0.15, 0.2) is 17.3 Å². The predicted molar refractivity (Wildman–Crippen MR) is 97.3 cm³/mol. The van der Waals surface area contributed by atoms with E-state index in [1.165, 1.54) is 37.9 Å². The minimum atomic E-state index is 0.412. The normalized spacial score (nSPS) is 29.2. The Morgan fingerprint density at radius 3 is 2.76 bits per heavy atom. The van der Waals surface area contributed by atoms with E-state index in [0.717, 1.165) is 38.9 Å². The topological polar surface area (TPSA) is 71.9 Å². The Hall–Kier alpha value is -1.60. The highest BCUT2D eigenvalue weighted by Crippen LogP contribution is 2.42. The number of piperidine rings is 1. The summed E-state index contributed by atoms with van der Waals surface area (Å²) in [5.41, 5.74) is 7.57. The number of aliphatic imine (C=N–C) groups is 1. The van der Waals surface area contributed by atoms with E-state index in [9.17, 15) is 0 Å². The molecule has 0 spiro atoms. The molecule has 2 N–H and O–H groups in total.